The molecule has 0 N–H and O–H groups in total. The molecule has 0 unspecified atom stereocenters. The largest absolute Gasteiger partial charge is 0.463 e. The monoisotopic (exact) mass is 476 g/mol. The van der Waals surface area contributed by atoms with Gasteiger partial charge in [0.25, 0.3) is 0 Å². The van der Waals surface area contributed by atoms with Crippen molar-refractivity contribution < 1.29 is 33.4 Å². The molecule has 190 valence electrons. The highest BCUT2D eigenvalue weighted by atomic mass is 16.6. The first-order valence-electron chi connectivity index (χ1n) is 12.9. The summed E-state index contributed by atoms with van der Waals surface area (Å²) in [5, 5.41) is 0. The summed E-state index contributed by atoms with van der Waals surface area (Å²) in [5.74, 6) is -0.160. The van der Waals surface area contributed by atoms with Crippen molar-refractivity contribution in [3.05, 3.63) is 0 Å². The predicted molar refractivity (Wildman–Crippen MR) is 123 cm³/mol. The summed E-state index contributed by atoms with van der Waals surface area (Å²) in [7, 11) is 0. The summed E-state index contributed by atoms with van der Waals surface area (Å²) in [5.41, 5.74) is -0.536. The van der Waals surface area contributed by atoms with Crippen LogP contribution in [0.2, 0.25) is 0 Å². The average molecular weight is 477 g/mol. The molecule has 0 saturated heterocycles. The van der Waals surface area contributed by atoms with Crippen molar-refractivity contribution in [3.63, 3.8) is 0 Å². The predicted octanol–water partition coefficient (Wildman–Crippen LogP) is 4.25. The van der Waals surface area contributed by atoms with E-state index in [4.69, 9.17) is 14.2 Å². The maximum absolute atomic E-state index is 12.8. The molecular weight excluding hydrogens is 436 g/mol. The average Bonchev–Trinajstić information content (AvgIpc) is 3.01. The van der Waals surface area contributed by atoms with Crippen LogP contribution in [0.4, 0.5) is 0 Å². The second-order valence-corrected chi connectivity index (χ2v) is 11.8. The van der Waals surface area contributed by atoms with Gasteiger partial charge in [0.1, 0.15) is 24.1 Å². The van der Waals surface area contributed by atoms with Crippen LogP contribution in [0.25, 0.3) is 0 Å². The minimum atomic E-state index is -0.559. The van der Waals surface area contributed by atoms with Crippen LogP contribution in [0.3, 0.4) is 0 Å². The van der Waals surface area contributed by atoms with E-state index in [1.807, 2.05) is 0 Å². The molecule has 0 heterocycles. The summed E-state index contributed by atoms with van der Waals surface area (Å²) in [6, 6.07) is 0. The van der Waals surface area contributed by atoms with Gasteiger partial charge in [-0.25, -0.2) is 0 Å². The molecule has 0 aliphatic heterocycles. The molecule has 0 spiro atoms. The molecule has 4 saturated carbocycles. The van der Waals surface area contributed by atoms with Crippen molar-refractivity contribution in [2.75, 3.05) is 0 Å². The molecule has 0 aromatic heterocycles. The molecular formula is C27H40O7. The first kappa shape index (κ1) is 25.2. The molecule has 4 aliphatic carbocycles. The number of hydrogen-bond acceptors (Lipinski definition) is 7. The second-order valence-electron chi connectivity index (χ2n) is 11.8. The zero-order valence-electron chi connectivity index (χ0n) is 21.4. The summed E-state index contributed by atoms with van der Waals surface area (Å²) in [6.07, 6.45) is 5.08. The van der Waals surface area contributed by atoms with Gasteiger partial charge in [0.15, 0.2) is 0 Å². The van der Waals surface area contributed by atoms with E-state index < -0.39 is 11.5 Å². The van der Waals surface area contributed by atoms with Crippen LogP contribution in [0.5, 0.6) is 0 Å². The van der Waals surface area contributed by atoms with Gasteiger partial charge in [0.05, 0.1) is 0 Å². The first-order valence-corrected chi connectivity index (χ1v) is 12.9. The highest BCUT2D eigenvalue weighted by Gasteiger charge is 2.68. The van der Waals surface area contributed by atoms with Crippen molar-refractivity contribution >= 4 is 23.7 Å². The van der Waals surface area contributed by atoms with Crippen molar-refractivity contribution in [3.8, 4) is 0 Å². The minimum Gasteiger partial charge on any atom is -0.463 e. The summed E-state index contributed by atoms with van der Waals surface area (Å²) >= 11 is 0. The Bertz CT molecular complexity index is 867. The number of ether oxygens (including phenoxy) is 3. The molecule has 0 amide bonds. The molecule has 0 radical (unpaired) electrons. The number of carbonyl (C=O) groups excluding carboxylic acids is 4. The van der Waals surface area contributed by atoms with Crippen molar-refractivity contribution in [1.82, 2.24) is 0 Å². The summed E-state index contributed by atoms with van der Waals surface area (Å²) in [4.78, 5) is 48.6. The van der Waals surface area contributed by atoms with Gasteiger partial charge in [-0.05, 0) is 75.0 Å². The van der Waals surface area contributed by atoms with Crippen LogP contribution in [-0.4, -0.2) is 42.0 Å². The summed E-state index contributed by atoms with van der Waals surface area (Å²) < 4.78 is 17.4. The van der Waals surface area contributed by atoms with Crippen LogP contribution < -0.4 is 0 Å². The third-order valence-corrected chi connectivity index (χ3v) is 10.1. The molecule has 4 rings (SSSR count). The zero-order valence-corrected chi connectivity index (χ0v) is 21.4. The van der Waals surface area contributed by atoms with Gasteiger partial charge in [-0.3, -0.25) is 19.2 Å². The quantitative estimate of drug-likeness (QED) is 0.442. The maximum Gasteiger partial charge on any atom is 0.302 e. The standard InChI is InChI=1S/C27H40O7/c1-14(28)21-12-23(33-16(3)30)25-20-8-7-18-11-19(32-15(2)29)9-10-26(18,5)22(20)13-24(27(21,25)6)34-17(4)31/h18-25H,7-13H2,1-6H3/t18-,19+,20-,21-,22+,23-,24-,25+,26-,27-/m0/s1. The Morgan fingerprint density at radius 1 is 0.765 bits per heavy atom. The van der Waals surface area contributed by atoms with Gasteiger partial charge in [-0.2, -0.15) is 0 Å². The molecule has 7 nitrogen and oxygen atoms in total. The van der Waals surface area contributed by atoms with Crippen molar-refractivity contribution in [2.45, 2.75) is 105 Å². The molecule has 0 aromatic rings. The lowest BCUT2D eigenvalue weighted by molar-refractivity contribution is -0.205. The Kier molecular flexibility index (Phi) is 6.62. The van der Waals surface area contributed by atoms with E-state index in [-0.39, 0.29) is 65.0 Å². The highest BCUT2D eigenvalue weighted by Crippen LogP contribution is 2.68. The van der Waals surface area contributed by atoms with Gasteiger partial charge < -0.3 is 14.2 Å². The Morgan fingerprint density at radius 3 is 2.00 bits per heavy atom. The van der Waals surface area contributed by atoms with Gasteiger partial charge in [-0.15, -0.1) is 0 Å². The fraction of sp³-hybridized carbons (Fsp3) is 0.852. The molecule has 34 heavy (non-hydrogen) atoms. The molecule has 10 atom stereocenters. The number of Topliss-reactive ketones (excluding diaryl/α,β-unsaturated/α-hetero) is 1. The normalized spacial score (nSPS) is 45.2. The van der Waals surface area contributed by atoms with E-state index in [0.29, 0.717) is 12.3 Å². The van der Waals surface area contributed by atoms with E-state index >= 15 is 0 Å². The third-order valence-electron chi connectivity index (χ3n) is 10.1. The van der Waals surface area contributed by atoms with E-state index in [0.717, 1.165) is 38.5 Å². The van der Waals surface area contributed by atoms with E-state index in [9.17, 15) is 19.2 Å². The fourth-order valence-electron chi connectivity index (χ4n) is 8.86. The van der Waals surface area contributed by atoms with Crippen LogP contribution in [0, 0.1) is 40.4 Å². The van der Waals surface area contributed by atoms with Crippen LogP contribution in [0.15, 0.2) is 0 Å². The number of carbonyl (C=O) groups is 4. The Hall–Kier alpha value is -1.92. The van der Waals surface area contributed by atoms with Gasteiger partial charge in [0, 0.05) is 38.0 Å². The lowest BCUT2D eigenvalue weighted by atomic mass is 9.43. The number of esters is 3. The summed E-state index contributed by atoms with van der Waals surface area (Å²) in [6.45, 7) is 10.4. The highest BCUT2D eigenvalue weighted by molar-refractivity contribution is 5.80. The van der Waals surface area contributed by atoms with Crippen LogP contribution in [-0.2, 0) is 33.4 Å². The number of rotatable bonds is 4. The lowest BCUT2D eigenvalue weighted by Crippen LogP contribution is -2.61. The molecule has 4 aliphatic rings. The number of hydrogen-bond donors (Lipinski definition) is 0. The lowest BCUT2D eigenvalue weighted by Gasteiger charge is -2.62. The Morgan fingerprint density at radius 2 is 1.41 bits per heavy atom. The molecule has 4 fully saturated rings. The smallest absolute Gasteiger partial charge is 0.302 e. The van der Waals surface area contributed by atoms with Crippen molar-refractivity contribution in [1.29, 1.82) is 0 Å². The molecule has 0 bridgehead atoms. The van der Waals surface area contributed by atoms with Crippen LogP contribution in [0.1, 0.15) is 86.5 Å². The third kappa shape index (κ3) is 4.07. The van der Waals surface area contributed by atoms with Crippen LogP contribution >= 0.6 is 0 Å². The van der Waals surface area contributed by atoms with Gasteiger partial charge in [-0.1, -0.05) is 13.8 Å². The number of ketones is 1. The van der Waals surface area contributed by atoms with E-state index in [1.54, 1.807) is 6.92 Å². The topological polar surface area (TPSA) is 96.0 Å². The van der Waals surface area contributed by atoms with Gasteiger partial charge in [0.2, 0.25) is 0 Å². The Labute approximate surface area is 202 Å². The fourth-order valence-corrected chi connectivity index (χ4v) is 8.86. The van der Waals surface area contributed by atoms with Crippen molar-refractivity contribution in [2.24, 2.45) is 40.4 Å². The minimum absolute atomic E-state index is 0.0222. The second kappa shape index (κ2) is 8.94. The van der Waals surface area contributed by atoms with E-state index in [2.05, 4.69) is 13.8 Å². The SMILES string of the molecule is CC(=O)O[C@@H]1CC[C@@]2(C)[C@@H](CC[C@@H]3[C@@H]4[C@@H](OC(C)=O)C[C@@H](C(C)=O)[C@@]4(C)[C@@H](OC(C)=O)C[C@H]32)C1. The van der Waals surface area contributed by atoms with E-state index in [1.165, 1.54) is 20.8 Å². The maximum atomic E-state index is 12.8. The van der Waals surface area contributed by atoms with Gasteiger partial charge >= 0.3 is 17.9 Å². The number of fused-ring (bicyclic) bond motifs is 5. The first-order chi connectivity index (χ1) is 15.9. The Balaban J connectivity index is 1.72. The molecule has 0 aromatic carbocycles. The zero-order chi connectivity index (χ0) is 25.0. The molecule has 7 heteroatoms.